The highest BCUT2D eigenvalue weighted by Crippen LogP contribution is 2.46. The summed E-state index contributed by atoms with van der Waals surface area (Å²) in [4.78, 5) is 15.9. The molecule has 4 rings (SSSR count). The number of hydrogen-bond acceptors (Lipinski definition) is 3. The zero-order valence-corrected chi connectivity index (χ0v) is 17.4. The molecule has 6 nitrogen and oxygen atoms in total. The second-order valence-corrected chi connectivity index (χ2v) is 8.40. The van der Waals surface area contributed by atoms with Gasteiger partial charge in [-0.2, -0.15) is 18.3 Å². The van der Waals surface area contributed by atoms with Gasteiger partial charge in [-0.1, -0.05) is 30.3 Å². The highest BCUT2D eigenvalue weighted by molar-refractivity contribution is 9.10. The van der Waals surface area contributed by atoms with Gasteiger partial charge in [-0.05, 0) is 21.5 Å². The minimum Gasteiger partial charge on any atom is -0.362 e. The third-order valence-corrected chi connectivity index (χ3v) is 6.36. The molecule has 29 heavy (non-hydrogen) atoms. The molecule has 3 heterocycles. The van der Waals surface area contributed by atoms with E-state index in [0.29, 0.717) is 13.1 Å². The third-order valence-electron chi connectivity index (χ3n) is 5.60. The molecule has 2 N–H and O–H groups in total. The number of aromatic nitrogens is 2. The number of alkyl halides is 3. The van der Waals surface area contributed by atoms with Crippen molar-refractivity contribution in [3.63, 3.8) is 0 Å². The van der Waals surface area contributed by atoms with E-state index >= 15 is 0 Å². The maximum atomic E-state index is 13.8. The van der Waals surface area contributed by atoms with Crippen LogP contribution in [0.3, 0.4) is 0 Å². The lowest BCUT2D eigenvalue weighted by Gasteiger charge is -2.33. The van der Waals surface area contributed by atoms with Crippen LogP contribution in [0.1, 0.15) is 34.6 Å². The van der Waals surface area contributed by atoms with Gasteiger partial charge in [0.05, 0.1) is 43.7 Å². The van der Waals surface area contributed by atoms with E-state index in [2.05, 4.69) is 33.4 Å². The number of rotatable bonds is 2. The summed E-state index contributed by atoms with van der Waals surface area (Å²) in [6.45, 7) is 2.72. The molecule has 1 aromatic heterocycles. The van der Waals surface area contributed by atoms with Crippen LogP contribution in [0.4, 0.5) is 19.0 Å². The standard InChI is InChI=1S/C19H21BrF3N5O/c1-26-7-9-27(10-8-26)18(29)16-15(20)17-24-13(12-5-3-2-4-6-12)11-14(19(21,22)23)28(17)25-16/h2-6,13-14,24H,7-11H2,1H3/p+1. The Labute approximate surface area is 174 Å². The number of halogens is 4. The van der Waals surface area contributed by atoms with Crippen LogP contribution >= 0.6 is 15.9 Å². The first kappa shape index (κ1) is 20.2. The maximum absolute atomic E-state index is 13.8. The monoisotopic (exact) mass is 472 g/mol. The van der Waals surface area contributed by atoms with Crippen molar-refractivity contribution >= 4 is 27.7 Å². The SMILES string of the molecule is C[NH+]1CCN(C(=O)c2nn3c(c2Br)NC(c2ccccc2)CC3C(F)(F)F)CC1. The van der Waals surface area contributed by atoms with Gasteiger partial charge in [0.1, 0.15) is 5.82 Å². The normalized spacial score (nSPS) is 22.9. The Bertz CT molecular complexity index is 893. The fourth-order valence-corrected chi connectivity index (χ4v) is 4.42. The van der Waals surface area contributed by atoms with E-state index in [4.69, 9.17) is 0 Å². The molecule has 2 aliphatic rings. The highest BCUT2D eigenvalue weighted by Gasteiger charge is 2.48. The summed E-state index contributed by atoms with van der Waals surface area (Å²) in [6.07, 6.45) is -4.67. The number of likely N-dealkylation sites (N-methyl/N-ethyl adjacent to an activating group) is 1. The topological polar surface area (TPSA) is 54.6 Å². The first-order valence-corrected chi connectivity index (χ1v) is 10.3. The third kappa shape index (κ3) is 3.87. The fourth-order valence-electron chi connectivity index (χ4n) is 3.87. The molecular formula is C19H22BrF3N5O+. The van der Waals surface area contributed by atoms with Crippen LogP contribution in [0.15, 0.2) is 34.8 Å². The Morgan fingerprint density at radius 2 is 1.90 bits per heavy atom. The van der Waals surface area contributed by atoms with Crippen molar-refractivity contribution < 1.29 is 22.9 Å². The number of hydrogen-bond donors (Lipinski definition) is 2. The molecule has 1 amide bonds. The molecule has 10 heteroatoms. The van der Waals surface area contributed by atoms with Gasteiger partial charge in [0, 0.05) is 6.42 Å². The molecule has 2 aromatic rings. The number of fused-ring (bicyclic) bond motifs is 1. The first-order chi connectivity index (χ1) is 13.8. The second-order valence-electron chi connectivity index (χ2n) is 7.61. The number of carbonyl (C=O) groups excluding carboxylic acids is 1. The van der Waals surface area contributed by atoms with E-state index in [0.717, 1.165) is 23.3 Å². The molecule has 0 spiro atoms. The van der Waals surface area contributed by atoms with Gasteiger partial charge in [0.25, 0.3) is 5.91 Å². The molecule has 1 saturated heterocycles. The number of anilines is 1. The van der Waals surface area contributed by atoms with Crippen LogP contribution in [-0.2, 0) is 0 Å². The van der Waals surface area contributed by atoms with Crippen LogP contribution in [0.25, 0.3) is 0 Å². The molecule has 156 valence electrons. The summed E-state index contributed by atoms with van der Waals surface area (Å²) in [7, 11) is 2.05. The highest BCUT2D eigenvalue weighted by atomic mass is 79.9. The van der Waals surface area contributed by atoms with Gasteiger partial charge >= 0.3 is 6.18 Å². The number of piperazine rings is 1. The minimum absolute atomic E-state index is 0.0232. The minimum atomic E-state index is -4.48. The van der Waals surface area contributed by atoms with Crippen molar-refractivity contribution in [2.45, 2.75) is 24.7 Å². The van der Waals surface area contributed by atoms with Gasteiger partial charge in [-0.15, -0.1) is 0 Å². The smallest absolute Gasteiger partial charge is 0.362 e. The summed E-state index contributed by atoms with van der Waals surface area (Å²) >= 11 is 3.34. The molecule has 1 aromatic carbocycles. The van der Waals surface area contributed by atoms with E-state index in [9.17, 15) is 18.0 Å². The number of nitrogens with one attached hydrogen (secondary N) is 2. The predicted molar refractivity (Wildman–Crippen MR) is 105 cm³/mol. The fraction of sp³-hybridized carbons (Fsp3) is 0.474. The summed E-state index contributed by atoms with van der Waals surface area (Å²) < 4.78 is 42.7. The predicted octanol–water partition coefficient (Wildman–Crippen LogP) is 2.28. The number of benzene rings is 1. The second kappa shape index (κ2) is 7.64. The van der Waals surface area contributed by atoms with E-state index in [-0.39, 0.29) is 28.3 Å². The van der Waals surface area contributed by atoms with Gasteiger partial charge in [0.15, 0.2) is 11.7 Å². The Hall–Kier alpha value is -2.07. The van der Waals surface area contributed by atoms with Gasteiger partial charge in [-0.3, -0.25) is 4.79 Å². The summed E-state index contributed by atoms with van der Waals surface area (Å²) in [5.74, 6) is -0.152. The van der Waals surface area contributed by atoms with Crippen molar-refractivity contribution in [1.82, 2.24) is 14.7 Å². The number of carbonyl (C=O) groups is 1. The number of nitrogens with zero attached hydrogens (tertiary/aromatic N) is 3. The number of quaternary nitrogens is 1. The average Bonchev–Trinajstić information content (AvgIpc) is 3.04. The van der Waals surface area contributed by atoms with Crippen LogP contribution in [-0.4, -0.2) is 60.0 Å². The van der Waals surface area contributed by atoms with Crippen LogP contribution in [0, 0.1) is 0 Å². The van der Waals surface area contributed by atoms with E-state index < -0.39 is 18.3 Å². The largest absolute Gasteiger partial charge is 0.410 e. The zero-order chi connectivity index (χ0) is 20.8. The van der Waals surface area contributed by atoms with Crippen molar-refractivity contribution in [3.05, 3.63) is 46.1 Å². The first-order valence-electron chi connectivity index (χ1n) is 9.52. The van der Waals surface area contributed by atoms with Crippen molar-refractivity contribution in [2.75, 3.05) is 38.5 Å². The lowest BCUT2D eigenvalue weighted by atomic mass is 9.97. The molecule has 2 atom stereocenters. The van der Waals surface area contributed by atoms with Crippen LogP contribution in [0.5, 0.6) is 0 Å². The molecular weight excluding hydrogens is 451 g/mol. The van der Waals surface area contributed by atoms with Gasteiger partial charge in [-0.25, -0.2) is 4.68 Å². The molecule has 2 unspecified atom stereocenters. The molecule has 1 fully saturated rings. The quantitative estimate of drug-likeness (QED) is 0.704. The molecule has 0 saturated carbocycles. The number of amides is 1. The average molecular weight is 473 g/mol. The van der Waals surface area contributed by atoms with E-state index in [1.54, 1.807) is 29.2 Å². The maximum Gasteiger partial charge on any atom is 0.410 e. The Morgan fingerprint density at radius 3 is 2.52 bits per heavy atom. The van der Waals surface area contributed by atoms with Crippen LogP contribution in [0.2, 0.25) is 0 Å². The Morgan fingerprint density at radius 1 is 1.24 bits per heavy atom. The van der Waals surface area contributed by atoms with Gasteiger partial charge < -0.3 is 15.1 Å². The van der Waals surface area contributed by atoms with E-state index in [1.165, 1.54) is 4.90 Å². The lowest BCUT2D eigenvalue weighted by molar-refractivity contribution is -0.883. The summed E-state index contributed by atoms with van der Waals surface area (Å²) in [5, 5.41) is 7.26. The zero-order valence-electron chi connectivity index (χ0n) is 15.8. The molecule has 0 aliphatic carbocycles. The lowest BCUT2D eigenvalue weighted by Crippen LogP contribution is -3.12. The molecule has 0 bridgehead atoms. The van der Waals surface area contributed by atoms with Crippen molar-refractivity contribution in [1.29, 1.82) is 0 Å². The van der Waals surface area contributed by atoms with Crippen LogP contribution < -0.4 is 10.2 Å². The summed E-state index contributed by atoms with van der Waals surface area (Å²) in [5.41, 5.74) is 0.783. The Balaban J connectivity index is 1.69. The molecule has 2 aliphatic heterocycles. The van der Waals surface area contributed by atoms with Crippen molar-refractivity contribution in [2.24, 2.45) is 0 Å². The molecule has 0 radical (unpaired) electrons. The van der Waals surface area contributed by atoms with Gasteiger partial charge in [0.2, 0.25) is 0 Å². The van der Waals surface area contributed by atoms with Crippen molar-refractivity contribution in [3.8, 4) is 0 Å². The summed E-state index contributed by atoms with van der Waals surface area (Å²) in [6, 6.07) is 6.67. The Kier molecular flexibility index (Phi) is 5.32. The van der Waals surface area contributed by atoms with E-state index in [1.807, 2.05) is 6.07 Å².